The quantitative estimate of drug-likeness (QED) is 0.248. The molecule has 7 rings (SSSR count). The van der Waals surface area contributed by atoms with E-state index in [0.717, 1.165) is 28.2 Å². The van der Waals surface area contributed by atoms with Gasteiger partial charge in [-0.15, -0.1) is 0 Å². The van der Waals surface area contributed by atoms with Crippen LogP contribution in [0.25, 0.3) is 33.3 Å². The maximum absolute atomic E-state index is 4.80. The first-order valence-electron chi connectivity index (χ1n) is 13.0. The molecule has 0 amide bonds. The fourth-order valence-electron chi connectivity index (χ4n) is 5.94. The predicted molar refractivity (Wildman–Crippen MR) is 157 cm³/mol. The van der Waals surface area contributed by atoms with Crippen molar-refractivity contribution in [3.05, 3.63) is 139 Å². The third-order valence-corrected chi connectivity index (χ3v) is 7.76. The number of hydrogen-bond donors (Lipinski definition) is 0. The summed E-state index contributed by atoms with van der Waals surface area (Å²) in [6.45, 7) is 4.67. The molecule has 1 aliphatic rings. The molecule has 2 aromatic heterocycles. The SMILES string of the molecule is CC1(C)c2ccccc2N(c2c(-c3ccccn3)cccc2-c2ccccn2)c2c1ccc1ccccc21. The molecule has 38 heavy (non-hydrogen) atoms. The van der Waals surface area contributed by atoms with E-state index in [0.29, 0.717) is 0 Å². The summed E-state index contributed by atoms with van der Waals surface area (Å²) in [5.41, 5.74) is 9.93. The Bertz CT molecular complexity index is 1730. The normalized spacial score (nSPS) is 13.7. The Balaban J connectivity index is 1.66. The van der Waals surface area contributed by atoms with Crippen LogP contribution in [0.3, 0.4) is 0 Å². The van der Waals surface area contributed by atoms with Crippen molar-refractivity contribution in [1.82, 2.24) is 9.97 Å². The molecule has 3 heterocycles. The van der Waals surface area contributed by atoms with Gasteiger partial charge in [0.2, 0.25) is 0 Å². The number of hydrogen-bond acceptors (Lipinski definition) is 3. The number of aromatic nitrogens is 2. The van der Waals surface area contributed by atoms with Gasteiger partial charge in [-0.25, -0.2) is 0 Å². The van der Waals surface area contributed by atoms with Crippen LogP contribution in [0, 0.1) is 0 Å². The van der Waals surface area contributed by atoms with Gasteiger partial charge in [-0.05, 0) is 46.8 Å². The second-order valence-corrected chi connectivity index (χ2v) is 10.3. The van der Waals surface area contributed by atoms with Gasteiger partial charge in [0, 0.05) is 34.3 Å². The Morgan fingerprint density at radius 1 is 0.526 bits per heavy atom. The molecule has 0 N–H and O–H groups in total. The van der Waals surface area contributed by atoms with Crippen molar-refractivity contribution < 1.29 is 0 Å². The topological polar surface area (TPSA) is 29.0 Å². The van der Waals surface area contributed by atoms with Crippen molar-refractivity contribution in [3.8, 4) is 22.5 Å². The van der Waals surface area contributed by atoms with E-state index in [1.165, 1.54) is 33.3 Å². The van der Waals surface area contributed by atoms with Gasteiger partial charge in [-0.1, -0.05) is 98.8 Å². The first-order valence-corrected chi connectivity index (χ1v) is 13.0. The minimum Gasteiger partial charge on any atom is -0.308 e. The standard InChI is InChI=1S/C35H27N3/c1-35(2)28-16-5-6-19-32(28)38(34-25-13-4-3-12-24(25)20-21-29(34)35)33-26(30-17-7-9-22-36-30)14-11-15-27(33)31-18-8-10-23-37-31/h3-23H,1-2H3. The molecule has 3 heteroatoms. The van der Waals surface area contributed by atoms with Crippen molar-refractivity contribution in [2.75, 3.05) is 4.90 Å². The van der Waals surface area contributed by atoms with Crippen LogP contribution in [0.5, 0.6) is 0 Å². The van der Waals surface area contributed by atoms with Crippen molar-refractivity contribution in [3.63, 3.8) is 0 Å². The molecular formula is C35H27N3. The van der Waals surface area contributed by atoms with Gasteiger partial charge >= 0.3 is 0 Å². The maximum Gasteiger partial charge on any atom is 0.0723 e. The van der Waals surface area contributed by atoms with E-state index >= 15 is 0 Å². The lowest BCUT2D eigenvalue weighted by Crippen LogP contribution is -2.31. The highest BCUT2D eigenvalue weighted by atomic mass is 15.2. The van der Waals surface area contributed by atoms with E-state index < -0.39 is 0 Å². The summed E-state index contributed by atoms with van der Waals surface area (Å²) in [4.78, 5) is 12.1. The van der Waals surface area contributed by atoms with Gasteiger partial charge in [-0.2, -0.15) is 0 Å². The van der Waals surface area contributed by atoms with Crippen LogP contribution in [0.1, 0.15) is 25.0 Å². The second kappa shape index (κ2) is 8.67. The summed E-state index contributed by atoms with van der Waals surface area (Å²) in [5, 5.41) is 2.46. The average molecular weight is 490 g/mol. The van der Waals surface area contributed by atoms with E-state index in [4.69, 9.17) is 9.97 Å². The predicted octanol–water partition coefficient (Wildman–Crippen LogP) is 9.07. The molecular weight excluding hydrogens is 462 g/mol. The number of benzene rings is 4. The van der Waals surface area contributed by atoms with Crippen LogP contribution in [-0.4, -0.2) is 9.97 Å². The monoisotopic (exact) mass is 489 g/mol. The van der Waals surface area contributed by atoms with Gasteiger partial charge < -0.3 is 4.90 Å². The molecule has 3 nitrogen and oxygen atoms in total. The van der Waals surface area contributed by atoms with Crippen LogP contribution < -0.4 is 4.90 Å². The third kappa shape index (κ3) is 3.36. The summed E-state index contributed by atoms with van der Waals surface area (Å²) < 4.78 is 0. The van der Waals surface area contributed by atoms with Crippen molar-refractivity contribution >= 4 is 27.8 Å². The number of fused-ring (bicyclic) bond motifs is 4. The molecule has 6 aromatic rings. The number of anilines is 3. The first kappa shape index (κ1) is 22.4. The number of nitrogens with zero attached hydrogens (tertiary/aromatic N) is 3. The smallest absolute Gasteiger partial charge is 0.0723 e. The lowest BCUT2D eigenvalue weighted by atomic mass is 9.72. The van der Waals surface area contributed by atoms with E-state index in [-0.39, 0.29) is 5.41 Å². The number of pyridine rings is 2. The van der Waals surface area contributed by atoms with Crippen LogP contribution >= 0.6 is 0 Å². The largest absolute Gasteiger partial charge is 0.308 e. The zero-order chi connectivity index (χ0) is 25.7. The molecule has 0 atom stereocenters. The molecule has 182 valence electrons. The van der Waals surface area contributed by atoms with Gasteiger partial charge in [0.15, 0.2) is 0 Å². The Kier molecular flexibility index (Phi) is 5.12. The molecule has 0 aliphatic carbocycles. The average Bonchev–Trinajstić information content (AvgIpc) is 2.98. The highest BCUT2D eigenvalue weighted by Gasteiger charge is 2.39. The molecule has 0 radical (unpaired) electrons. The van der Waals surface area contributed by atoms with Crippen molar-refractivity contribution in [2.24, 2.45) is 0 Å². The van der Waals surface area contributed by atoms with E-state index in [9.17, 15) is 0 Å². The molecule has 0 saturated carbocycles. The molecule has 0 unspecified atom stereocenters. The van der Waals surface area contributed by atoms with Gasteiger partial charge in [0.25, 0.3) is 0 Å². The zero-order valence-corrected chi connectivity index (χ0v) is 21.5. The van der Waals surface area contributed by atoms with Gasteiger partial charge in [0.05, 0.1) is 28.5 Å². The highest BCUT2D eigenvalue weighted by Crippen LogP contribution is 2.56. The Morgan fingerprint density at radius 2 is 1.16 bits per heavy atom. The van der Waals surface area contributed by atoms with Gasteiger partial charge in [0.1, 0.15) is 0 Å². The Morgan fingerprint density at radius 3 is 1.84 bits per heavy atom. The summed E-state index contributed by atoms with van der Waals surface area (Å²) in [5.74, 6) is 0. The third-order valence-electron chi connectivity index (χ3n) is 7.76. The molecule has 1 aliphatic heterocycles. The maximum atomic E-state index is 4.80. The molecule has 4 aromatic carbocycles. The lowest BCUT2D eigenvalue weighted by Gasteiger charge is -2.43. The lowest BCUT2D eigenvalue weighted by molar-refractivity contribution is 0.633. The number of para-hydroxylation sites is 2. The van der Waals surface area contributed by atoms with E-state index in [1.54, 1.807) is 0 Å². The fourth-order valence-corrected chi connectivity index (χ4v) is 5.94. The van der Waals surface area contributed by atoms with Crippen LogP contribution in [-0.2, 0) is 5.41 Å². The van der Waals surface area contributed by atoms with Crippen LogP contribution in [0.2, 0.25) is 0 Å². The summed E-state index contributed by atoms with van der Waals surface area (Å²) in [7, 11) is 0. The van der Waals surface area contributed by atoms with Crippen LogP contribution in [0.15, 0.2) is 128 Å². The molecule has 0 saturated heterocycles. The molecule has 0 spiro atoms. The Hall–Kier alpha value is -4.76. The summed E-state index contributed by atoms with van der Waals surface area (Å²) >= 11 is 0. The van der Waals surface area contributed by atoms with Crippen molar-refractivity contribution in [1.29, 1.82) is 0 Å². The van der Waals surface area contributed by atoms with Crippen LogP contribution in [0.4, 0.5) is 17.1 Å². The summed E-state index contributed by atoms with van der Waals surface area (Å²) in [6.07, 6.45) is 3.73. The second-order valence-electron chi connectivity index (χ2n) is 10.3. The van der Waals surface area contributed by atoms with E-state index in [2.05, 4.69) is 122 Å². The van der Waals surface area contributed by atoms with Gasteiger partial charge in [-0.3, -0.25) is 9.97 Å². The van der Waals surface area contributed by atoms with Crippen molar-refractivity contribution in [2.45, 2.75) is 19.3 Å². The fraction of sp³-hybridized carbons (Fsp3) is 0.0857. The number of rotatable bonds is 3. The van der Waals surface area contributed by atoms with E-state index in [1.807, 2.05) is 24.5 Å². The first-order chi connectivity index (χ1) is 18.6. The minimum atomic E-state index is -0.169. The molecule has 0 fully saturated rings. The summed E-state index contributed by atoms with van der Waals surface area (Å²) in [6, 6.07) is 40.7. The highest BCUT2D eigenvalue weighted by molar-refractivity contribution is 6.07. The zero-order valence-electron chi connectivity index (χ0n) is 21.5. The minimum absolute atomic E-state index is 0.169. The Labute approximate surface area is 223 Å². The molecule has 0 bridgehead atoms.